The highest BCUT2D eigenvalue weighted by atomic mass is 16.3. The van der Waals surface area contributed by atoms with Crippen LogP contribution in [0.4, 0.5) is 0 Å². The van der Waals surface area contributed by atoms with Crippen LogP contribution in [0.25, 0.3) is 33.4 Å². The van der Waals surface area contributed by atoms with Crippen molar-refractivity contribution in [3.05, 3.63) is 71.3 Å². The maximum atomic E-state index is 13.3. The molecule has 1 fully saturated rings. The molecule has 7 nitrogen and oxygen atoms in total. The molecule has 7 heteroatoms. The fraction of sp³-hybridized carbons (Fsp3) is 0.292. The lowest BCUT2D eigenvalue weighted by atomic mass is 10.1. The number of nitrogens with zero attached hydrogens (tertiary/aromatic N) is 5. The third kappa shape index (κ3) is 3.96. The molecule has 1 aliphatic carbocycles. The predicted octanol–water partition coefficient (Wildman–Crippen LogP) is 3.56. The van der Waals surface area contributed by atoms with Gasteiger partial charge in [0.25, 0.3) is 5.56 Å². The first-order chi connectivity index (χ1) is 14.9. The van der Waals surface area contributed by atoms with Crippen molar-refractivity contribution in [3.8, 4) is 22.5 Å². The van der Waals surface area contributed by atoms with Gasteiger partial charge in [-0.2, -0.15) is 0 Å². The predicted molar refractivity (Wildman–Crippen MR) is 119 cm³/mol. The van der Waals surface area contributed by atoms with E-state index < -0.39 is 5.60 Å². The minimum Gasteiger partial charge on any atom is -0.389 e. The fourth-order valence-electron chi connectivity index (χ4n) is 3.73. The van der Waals surface area contributed by atoms with Crippen LogP contribution < -0.4 is 5.56 Å². The molecular formula is C24H23N5O2. The largest absolute Gasteiger partial charge is 0.389 e. The van der Waals surface area contributed by atoms with Gasteiger partial charge in [0.2, 0.25) is 0 Å². The first kappa shape index (κ1) is 19.5. The van der Waals surface area contributed by atoms with Crippen molar-refractivity contribution < 1.29 is 5.11 Å². The molecule has 4 aromatic heterocycles. The van der Waals surface area contributed by atoms with E-state index in [0.717, 1.165) is 16.8 Å². The summed E-state index contributed by atoms with van der Waals surface area (Å²) in [6.45, 7) is 3.47. The van der Waals surface area contributed by atoms with Crippen molar-refractivity contribution in [3.63, 3.8) is 0 Å². The minimum absolute atomic E-state index is 0.145. The number of hydrogen-bond acceptors (Lipinski definition) is 6. The van der Waals surface area contributed by atoms with Crippen LogP contribution in [0.5, 0.6) is 0 Å². The lowest BCUT2D eigenvalue weighted by Gasteiger charge is -2.19. The molecule has 0 saturated heterocycles. The second kappa shape index (κ2) is 7.35. The topological polar surface area (TPSA) is 93.8 Å². The molecule has 1 aliphatic rings. The third-order valence-electron chi connectivity index (χ3n) is 5.38. The van der Waals surface area contributed by atoms with E-state index in [1.807, 2.05) is 30.5 Å². The van der Waals surface area contributed by atoms with Crippen LogP contribution >= 0.6 is 0 Å². The summed E-state index contributed by atoms with van der Waals surface area (Å²) in [5, 5.41) is 10.6. The summed E-state index contributed by atoms with van der Waals surface area (Å²) in [7, 11) is 0. The van der Waals surface area contributed by atoms with Crippen molar-refractivity contribution in [2.24, 2.45) is 0 Å². The van der Waals surface area contributed by atoms with Gasteiger partial charge in [-0.25, -0.2) is 9.97 Å². The molecule has 0 aliphatic heterocycles. The summed E-state index contributed by atoms with van der Waals surface area (Å²) in [6.07, 6.45) is 9.08. The van der Waals surface area contributed by atoms with Gasteiger partial charge < -0.3 is 5.11 Å². The lowest BCUT2D eigenvalue weighted by Crippen LogP contribution is -2.33. The smallest absolute Gasteiger partial charge is 0.261 e. The van der Waals surface area contributed by atoms with Crippen LogP contribution in [0.1, 0.15) is 38.3 Å². The zero-order valence-electron chi connectivity index (χ0n) is 17.5. The normalized spacial score (nSPS) is 14.2. The summed E-state index contributed by atoms with van der Waals surface area (Å²) in [4.78, 5) is 31.4. The van der Waals surface area contributed by atoms with Crippen molar-refractivity contribution in [1.82, 2.24) is 24.5 Å². The van der Waals surface area contributed by atoms with Crippen LogP contribution in [0, 0.1) is 0 Å². The van der Waals surface area contributed by atoms with Gasteiger partial charge in [-0.05, 0) is 57.0 Å². The zero-order chi connectivity index (χ0) is 21.6. The molecule has 0 bridgehead atoms. The standard InChI is InChI=1S/C24H23N5O2/c1-24(2,31)13-29-14-27-22-18(23(29)30)10-20(28-21(22)17-4-3-9-25-11-17)16-7-8-19(26-12-16)15-5-6-15/h3-4,7-12,14-15,31H,5-6,13H2,1-2H3. The van der Waals surface area contributed by atoms with Gasteiger partial charge in [-0.3, -0.25) is 19.3 Å². The van der Waals surface area contributed by atoms with E-state index in [-0.39, 0.29) is 12.1 Å². The minimum atomic E-state index is -1.04. The number of aromatic nitrogens is 5. The van der Waals surface area contributed by atoms with E-state index in [2.05, 4.69) is 15.0 Å². The maximum Gasteiger partial charge on any atom is 0.261 e. The van der Waals surface area contributed by atoms with Crippen molar-refractivity contribution >= 4 is 10.9 Å². The Morgan fingerprint density at radius 1 is 1.13 bits per heavy atom. The van der Waals surface area contributed by atoms with E-state index in [4.69, 9.17) is 4.98 Å². The maximum absolute atomic E-state index is 13.3. The molecule has 31 heavy (non-hydrogen) atoms. The summed E-state index contributed by atoms with van der Waals surface area (Å²) < 4.78 is 1.44. The van der Waals surface area contributed by atoms with Gasteiger partial charge in [-0.1, -0.05) is 0 Å². The number of fused-ring (bicyclic) bond motifs is 1. The van der Waals surface area contributed by atoms with E-state index in [1.54, 1.807) is 32.3 Å². The number of aliphatic hydroxyl groups is 1. The summed E-state index contributed by atoms with van der Waals surface area (Å²) in [5.41, 5.74) is 3.23. The molecule has 0 unspecified atom stereocenters. The average Bonchev–Trinajstić information content (AvgIpc) is 3.61. The molecule has 0 radical (unpaired) electrons. The Bertz CT molecular complexity index is 1300. The lowest BCUT2D eigenvalue weighted by molar-refractivity contribution is 0.0603. The summed E-state index contributed by atoms with van der Waals surface area (Å²) in [6, 6.07) is 9.54. The van der Waals surface area contributed by atoms with Gasteiger partial charge >= 0.3 is 0 Å². The van der Waals surface area contributed by atoms with Crippen LogP contribution in [0.15, 0.2) is 60.0 Å². The fourth-order valence-corrected chi connectivity index (χ4v) is 3.73. The van der Waals surface area contributed by atoms with Crippen LogP contribution in [0.2, 0.25) is 0 Å². The second-order valence-electron chi connectivity index (χ2n) is 8.73. The molecule has 0 atom stereocenters. The first-order valence-electron chi connectivity index (χ1n) is 10.4. The number of rotatable bonds is 5. The molecule has 156 valence electrons. The molecule has 4 aromatic rings. The molecule has 1 saturated carbocycles. The molecule has 5 rings (SSSR count). The first-order valence-corrected chi connectivity index (χ1v) is 10.4. The Hall–Kier alpha value is -3.45. The van der Waals surface area contributed by atoms with Crippen LogP contribution in [-0.4, -0.2) is 35.2 Å². The van der Waals surface area contributed by atoms with Gasteiger partial charge in [0, 0.05) is 41.3 Å². The molecule has 4 heterocycles. The Labute approximate surface area is 179 Å². The van der Waals surface area contributed by atoms with E-state index in [1.165, 1.54) is 23.7 Å². The molecule has 0 spiro atoms. The second-order valence-corrected chi connectivity index (χ2v) is 8.73. The van der Waals surface area contributed by atoms with Crippen molar-refractivity contribution in [2.75, 3.05) is 0 Å². The van der Waals surface area contributed by atoms with Gasteiger partial charge in [0.15, 0.2) is 0 Å². The number of hydrogen-bond donors (Lipinski definition) is 1. The quantitative estimate of drug-likeness (QED) is 0.538. The summed E-state index contributed by atoms with van der Waals surface area (Å²) in [5.74, 6) is 0.572. The monoisotopic (exact) mass is 413 g/mol. The highest BCUT2D eigenvalue weighted by molar-refractivity contribution is 5.93. The van der Waals surface area contributed by atoms with Gasteiger partial charge in [0.1, 0.15) is 5.52 Å². The Kier molecular flexibility index (Phi) is 4.63. The highest BCUT2D eigenvalue weighted by Crippen LogP contribution is 2.39. The van der Waals surface area contributed by atoms with Crippen LogP contribution in [-0.2, 0) is 6.54 Å². The Morgan fingerprint density at radius 3 is 2.61 bits per heavy atom. The highest BCUT2D eigenvalue weighted by Gasteiger charge is 2.25. The van der Waals surface area contributed by atoms with Gasteiger partial charge in [0.05, 0.1) is 35.2 Å². The van der Waals surface area contributed by atoms with E-state index in [9.17, 15) is 9.90 Å². The average molecular weight is 413 g/mol. The zero-order valence-corrected chi connectivity index (χ0v) is 17.5. The van der Waals surface area contributed by atoms with Gasteiger partial charge in [-0.15, -0.1) is 0 Å². The van der Waals surface area contributed by atoms with Crippen molar-refractivity contribution in [2.45, 2.75) is 44.8 Å². The summed E-state index contributed by atoms with van der Waals surface area (Å²) >= 11 is 0. The molecular weight excluding hydrogens is 390 g/mol. The van der Waals surface area contributed by atoms with Crippen LogP contribution in [0.3, 0.4) is 0 Å². The molecule has 0 aromatic carbocycles. The van der Waals surface area contributed by atoms with E-state index >= 15 is 0 Å². The van der Waals surface area contributed by atoms with Crippen molar-refractivity contribution in [1.29, 1.82) is 0 Å². The Balaban J connectivity index is 1.71. The molecule has 1 N–H and O–H groups in total. The number of pyridine rings is 3. The SMILES string of the molecule is CC(C)(O)Cn1cnc2c(-c3cccnc3)nc(-c3ccc(C4CC4)nc3)cc2c1=O. The molecule has 0 amide bonds. The third-order valence-corrected chi connectivity index (χ3v) is 5.38. The Morgan fingerprint density at radius 2 is 1.97 bits per heavy atom. The van der Waals surface area contributed by atoms with E-state index in [0.29, 0.717) is 28.2 Å².